The molecule has 0 aliphatic rings. The van der Waals surface area contributed by atoms with Crippen LogP contribution < -0.4 is 11.5 Å². The molecule has 6 nitrogen and oxygen atoms in total. The highest BCUT2D eigenvalue weighted by molar-refractivity contribution is 5.72. The Morgan fingerprint density at radius 2 is 1.67 bits per heavy atom. The minimum absolute atomic E-state index is 0.278. The first kappa shape index (κ1) is 16.3. The first-order valence-corrected chi connectivity index (χ1v) is 4.82. The van der Waals surface area contributed by atoms with E-state index in [4.69, 9.17) is 21.7 Å². The summed E-state index contributed by atoms with van der Waals surface area (Å²) in [5.74, 6) is -1.68. The van der Waals surface area contributed by atoms with Crippen LogP contribution in [0.15, 0.2) is 0 Å². The fourth-order valence-electron chi connectivity index (χ4n) is 0.597. The van der Waals surface area contributed by atoms with Crippen molar-refractivity contribution in [1.29, 1.82) is 0 Å². The summed E-state index contributed by atoms with van der Waals surface area (Å²) in [5, 5.41) is 16.0. The second-order valence-electron chi connectivity index (χ2n) is 3.12. The van der Waals surface area contributed by atoms with Gasteiger partial charge in [-0.3, -0.25) is 9.59 Å². The van der Waals surface area contributed by atoms with Crippen LogP contribution in [0.5, 0.6) is 0 Å². The van der Waals surface area contributed by atoms with Crippen LogP contribution in [0.25, 0.3) is 0 Å². The predicted molar refractivity (Wildman–Crippen MR) is 56.4 cm³/mol. The average Bonchev–Trinajstić information content (AvgIpc) is 2.13. The molecule has 90 valence electrons. The first-order valence-electron chi connectivity index (χ1n) is 4.82. The molecule has 0 aromatic carbocycles. The first-order chi connectivity index (χ1) is 6.91. The van der Waals surface area contributed by atoms with Gasteiger partial charge in [0.2, 0.25) is 0 Å². The van der Waals surface area contributed by atoms with Crippen LogP contribution in [0, 0.1) is 0 Å². The van der Waals surface area contributed by atoms with Gasteiger partial charge in [-0.15, -0.1) is 0 Å². The molecule has 0 fully saturated rings. The molecule has 0 saturated heterocycles. The molecule has 0 heterocycles. The smallest absolute Gasteiger partial charge is 0.320 e. The molecule has 6 heteroatoms. The molecule has 0 saturated carbocycles. The lowest BCUT2D eigenvalue weighted by Gasteiger charge is -1.93. The molecular weight excluding hydrogens is 200 g/mol. The Balaban J connectivity index is 0. The average molecular weight is 220 g/mol. The van der Waals surface area contributed by atoms with Crippen molar-refractivity contribution >= 4 is 11.9 Å². The normalized spacial score (nSPS) is 11.1. The van der Waals surface area contributed by atoms with Crippen molar-refractivity contribution in [3.05, 3.63) is 0 Å². The number of carboxylic acids is 2. The van der Waals surface area contributed by atoms with E-state index in [9.17, 15) is 9.59 Å². The topological polar surface area (TPSA) is 127 Å². The van der Waals surface area contributed by atoms with Gasteiger partial charge in [-0.05, 0) is 26.3 Å². The molecule has 0 aliphatic carbocycles. The number of unbranched alkanes of at least 4 members (excludes halogenated alkanes) is 2. The highest BCUT2D eigenvalue weighted by Crippen LogP contribution is 1.97. The SMILES string of the molecule is C[C@H](N)C(=O)O.NCCCCCC(=O)O. The van der Waals surface area contributed by atoms with E-state index >= 15 is 0 Å². The summed E-state index contributed by atoms with van der Waals surface area (Å²) in [7, 11) is 0. The highest BCUT2D eigenvalue weighted by atomic mass is 16.4. The van der Waals surface area contributed by atoms with Gasteiger partial charge in [0.25, 0.3) is 0 Å². The Kier molecular flexibility index (Phi) is 11.9. The molecule has 0 aromatic rings. The number of nitrogens with two attached hydrogens (primary N) is 2. The number of rotatable bonds is 6. The van der Waals surface area contributed by atoms with Crippen molar-refractivity contribution in [1.82, 2.24) is 0 Å². The van der Waals surface area contributed by atoms with E-state index in [0.717, 1.165) is 19.3 Å². The number of hydrogen-bond donors (Lipinski definition) is 4. The van der Waals surface area contributed by atoms with Gasteiger partial charge in [-0.25, -0.2) is 0 Å². The molecule has 0 rings (SSSR count). The minimum atomic E-state index is -0.963. The number of carboxylic acid groups (broad SMARTS) is 2. The van der Waals surface area contributed by atoms with E-state index < -0.39 is 18.0 Å². The molecule has 0 aromatic heterocycles. The van der Waals surface area contributed by atoms with E-state index in [1.54, 1.807) is 0 Å². The van der Waals surface area contributed by atoms with Gasteiger partial charge in [0.1, 0.15) is 6.04 Å². The molecule has 0 amide bonds. The second kappa shape index (κ2) is 10.9. The van der Waals surface area contributed by atoms with Crippen molar-refractivity contribution in [3.8, 4) is 0 Å². The van der Waals surface area contributed by atoms with Gasteiger partial charge in [0.15, 0.2) is 0 Å². The van der Waals surface area contributed by atoms with Crippen molar-refractivity contribution in [2.75, 3.05) is 6.54 Å². The lowest BCUT2D eigenvalue weighted by molar-refractivity contribution is -0.138. The minimum Gasteiger partial charge on any atom is -0.481 e. The Hall–Kier alpha value is -1.14. The monoisotopic (exact) mass is 220 g/mol. The predicted octanol–water partition coefficient (Wildman–Crippen LogP) is 0.00830. The van der Waals surface area contributed by atoms with Gasteiger partial charge < -0.3 is 21.7 Å². The van der Waals surface area contributed by atoms with Crippen molar-refractivity contribution in [2.24, 2.45) is 11.5 Å². The molecule has 0 aliphatic heterocycles. The Bertz CT molecular complexity index is 183. The largest absolute Gasteiger partial charge is 0.481 e. The third-order valence-electron chi connectivity index (χ3n) is 1.48. The van der Waals surface area contributed by atoms with Gasteiger partial charge in [0.05, 0.1) is 0 Å². The summed E-state index contributed by atoms with van der Waals surface area (Å²) in [6.07, 6.45) is 2.91. The zero-order valence-electron chi connectivity index (χ0n) is 8.98. The lowest BCUT2D eigenvalue weighted by Crippen LogP contribution is -2.25. The molecule has 0 spiro atoms. The Labute approximate surface area is 89.3 Å². The summed E-state index contributed by atoms with van der Waals surface area (Å²) in [6, 6.07) is -0.731. The molecule has 6 N–H and O–H groups in total. The van der Waals surface area contributed by atoms with Gasteiger partial charge in [0, 0.05) is 6.42 Å². The number of aliphatic carboxylic acids is 2. The summed E-state index contributed by atoms with van der Waals surface area (Å²) in [4.78, 5) is 19.5. The summed E-state index contributed by atoms with van der Waals surface area (Å²) >= 11 is 0. The standard InChI is InChI=1S/C6H13NO2.C3H7NO2/c7-5-3-1-2-4-6(8)9;1-2(4)3(5)6/h1-5,7H2,(H,8,9);2H,4H2,1H3,(H,5,6)/t;2-/m.0/s1. The van der Waals surface area contributed by atoms with Crippen LogP contribution in [-0.2, 0) is 9.59 Å². The molecule has 0 unspecified atom stereocenters. The van der Waals surface area contributed by atoms with E-state index in [2.05, 4.69) is 0 Å². The third kappa shape index (κ3) is 19.3. The van der Waals surface area contributed by atoms with Crippen LogP contribution in [0.4, 0.5) is 0 Å². The molecule has 0 radical (unpaired) electrons. The van der Waals surface area contributed by atoms with Crippen LogP contribution in [0.3, 0.4) is 0 Å². The number of hydrogen-bond acceptors (Lipinski definition) is 4. The van der Waals surface area contributed by atoms with Crippen LogP contribution >= 0.6 is 0 Å². The van der Waals surface area contributed by atoms with Crippen molar-refractivity contribution < 1.29 is 19.8 Å². The fourth-order valence-corrected chi connectivity index (χ4v) is 0.597. The maximum absolute atomic E-state index is 9.93. The fraction of sp³-hybridized carbons (Fsp3) is 0.778. The Morgan fingerprint density at radius 1 is 1.20 bits per heavy atom. The number of carbonyl (C=O) groups is 2. The second-order valence-corrected chi connectivity index (χ2v) is 3.12. The van der Waals surface area contributed by atoms with E-state index in [0.29, 0.717) is 6.54 Å². The summed E-state index contributed by atoms with van der Waals surface area (Å²) in [5.41, 5.74) is 10.0. The van der Waals surface area contributed by atoms with Gasteiger partial charge in [-0.2, -0.15) is 0 Å². The van der Waals surface area contributed by atoms with E-state index in [-0.39, 0.29) is 6.42 Å². The maximum atomic E-state index is 9.93. The molecule has 15 heavy (non-hydrogen) atoms. The van der Waals surface area contributed by atoms with Crippen molar-refractivity contribution in [2.45, 2.75) is 38.6 Å². The molecule has 1 atom stereocenters. The highest BCUT2D eigenvalue weighted by Gasteiger charge is 1.99. The third-order valence-corrected chi connectivity index (χ3v) is 1.48. The van der Waals surface area contributed by atoms with Crippen molar-refractivity contribution in [3.63, 3.8) is 0 Å². The Morgan fingerprint density at radius 3 is 1.93 bits per heavy atom. The molecule has 0 bridgehead atoms. The zero-order chi connectivity index (χ0) is 12.3. The van der Waals surface area contributed by atoms with Crippen LogP contribution in [0.1, 0.15) is 32.6 Å². The van der Waals surface area contributed by atoms with Crippen LogP contribution in [0.2, 0.25) is 0 Å². The van der Waals surface area contributed by atoms with E-state index in [1.807, 2.05) is 0 Å². The zero-order valence-corrected chi connectivity index (χ0v) is 8.98. The van der Waals surface area contributed by atoms with Gasteiger partial charge in [-0.1, -0.05) is 6.42 Å². The van der Waals surface area contributed by atoms with Crippen LogP contribution in [-0.4, -0.2) is 34.7 Å². The summed E-state index contributed by atoms with van der Waals surface area (Å²) in [6.45, 7) is 2.09. The maximum Gasteiger partial charge on any atom is 0.320 e. The molecular formula is C9H20N2O4. The lowest BCUT2D eigenvalue weighted by atomic mass is 10.2. The summed E-state index contributed by atoms with van der Waals surface area (Å²) < 4.78 is 0. The van der Waals surface area contributed by atoms with E-state index in [1.165, 1.54) is 6.92 Å². The van der Waals surface area contributed by atoms with Gasteiger partial charge >= 0.3 is 11.9 Å². The quantitative estimate of drug-likeness (QED) is 0.467.